The Morgan fingerprint density at radius 2 is 1.96 bits per heavy atom. The first-order valence-corrected chi connectivity index (χ1v) is 8.20. The molecule has 1 aromatic heterocycles. The van der Waals surface area contributed by atoms with Gasteiger partial charge in [0.2, 0.25) is 11.6 Å². The normalized spacial score (nSPS) is 10.8. The molecule has 8 heteroatoms. The summed E-state index contributed by atoms with van der Waals surface area (Å²) >= 11 is 0. The molecule has 0 fully saturated rings. The Morgan fingerprint density at radius 3 is 2.48 bits per heavy atom. The summed E-state index contributed by atoms with van der Waals surface area (Å²) in [5.41, 5.74) is 1.69. The second kappa shape index (κ2) is 8.39. The van der Waals surface area contributed by atoms with Crippen LogP contribution < -0.4 is 10.2 Å². The number of aliphatic hydroxyl groups is 1. The first-order chi connectivity index (χ1) is 12.0. The van der Waals surface area contributed by atoms with Gasteiger partial charge in [0.15, 0.2) is 0 Å². The molecule has 0 bridgehead atoms. The van der Waals surface area contributed by atoms with Gasteiger partial charge in [-0.3, -0.25) is 10.1 Å². The van der Waals surface area contributed by atoms with E-state index in [2.05, 4.69) is 29.1 Å². The van der Waals surface area contributed by atoms with Crippen molar-refractivity contribution in [2.24, 2.45) is 0 Å². The maximum atomic E-state index is 11.6. The van der Waals surface area contributed by atoms with Crippen LogP contribution in [-0.2, 0) is 0 Å². The minimum atomic E-state index is -0.500. The van der Waals surface area contributed by atoms with E-state index in [1.807, 2.05) is 31.2 Å². The number of nitrogens with one attached hydrogen (secondary N) is 1. The minimum absolute atomic E-state index is 0.117. The fourth-order valence-electron chi connectivity index (χ4n) is 2.48. The molecule has 2 N–H and O–H groups in total. The van der Waals surface area contributed by atoms with E-state index in [0.29, 0.717) is 18.2 Å². The lowest BCUT2D eigenvalue weighted by Crippen LogP contribution is -2.28. The Labute approximate surface area is 146 Å². The highest BCUT2D eigenvalue weighted by molar-refractivity contribution is 5.74. The molecule has 2 rings (SSSR count). The molecule has 0 radical (unpaired) electrons. The molecule has 0 aliphatic carbocycles. The van der Waals surface area contributed by atoms with Crippen molar-refractivity contribution in [2.45, 2.75) is 26.7 Å². The van der Waals surface area contributed by atoms with Crippen molar-refractivity contribution >= 4 is 23.0 Å². The maximum absolute atomic E-state index is 11.6. The van der Waals surface area contributed by atoms with Crippen molar-refractivity contribution in [2.75, 3.05) is 29.9 Å². The second-order valence-electron chi connectivity index (χ2n) is 5.86. The van der Waals surface area contributed by atoms with Crippen molar-refractivity contribution in [3.8, 4) is 0 Å². The molecular formula is C17H23N5O3. The van der Waals surface area contributed by atoms with Crippen LogP contribution >= 0.6 is 0 Å². The standard InChI is InChI=1S/C17H23N5O3/c1-4-21(9-10-23)17-15(22(24)25)16(18-11-19-17)20-14-7-5-13(6-8-14)12(2)3/h5-8,11-12,23H,4,9-10H2,1-3H3,(H,18,19,20). The first kappa shape index (κ1) is 18.6. The van der Waals surface area contributed by atoms with Crippen LogP contribution in [0, 0.1) is 10.1 Å². The van der Waals surface area contributed by atoms with Crippen LogP contribution in [0.4, 0.5) is 23.0 Å². The molecule has 2 aromatic rings. The first-order valence-electron chi connectivity index (χ1n) is 8.20. The Morgan fingerprint density at radius 1 is 1.28 bits per heavy atom. The molecule has 0 atom stereocenters. The van der Waals surface area contributed by atoms with Gasteiger partial charge in [0.1, 0.15) is 6.33 Å². The van der Waals surface area contributed by atoms with Crippen molar-refractivity contribution in [3.63, 3.8) is 0 Å². The Kier molecular flexibility index (Phi) is 6.24. The van der Waals surface area contributed by atoms with Gasteiger partial charge in [-0.2, -0.15) is 0 Å². The average molecular weight is 345 g/mol. The molecular weight excluding hydrogens is 322 g/mol. The molecule has 0 aliphatic heterocycles. The van der Waals surface area contributed by atoms with Crippen LogP contribution in [0.1, 0.15) is 32.3 Å². The van der Waals surface area contributed by atoms with E-state index >= 15 is 0 Å². The van der Waals surface area contributed by atoms with Crippen LogP contribution in [0.2, 0.25) is 0 Å². The summed E-state index contributed by atoms with van der Waals surface area (Å²) in [6.45, 7) is 6.68. The van der Waals surface area contributed by atoms with E-state index in [-0.39, 0.29) is 30.5 Å². The predicted molar refractivity (Wildman–Crippen MR) is 97.5 cm³/mol. The number of nitro groups is 1. The smallest absolute Gasteiger partial charge is 0.353 e. The summed E-state index contributed by atoms with van der Waals surface area (Å²) in [6.07, 6.45) is 1.28. The molecule has 0 unspecified atom stereocenters. The van der Waals surface area contributed by atoms with Gasteiger partial charge in [0.05, 0.1) is 11.5 Å². The Balaban J connectivity index is 2.38. The number of benzene rings is 1. The molecule has 134 valence electrons. The molecule has 1 heterocycles. The summed E-state index contributed by atoms with van der Waals surface area (Å²) in [7, 11) is 0. The number of rotatable bonds is 8. The Hall–Kier alpha value is -2.74. The van der Waals surface area contributed by atoms with E-state index in [1.165, 1.54) is 11.9 Å². The van der Waals surface area contributed by atoms with Crippen LogP contribution in [0.25, 0.3) is 0 Å². The van der Waals surface area contributed by atoms with E-state index < -0.39 is 4.92 Å². The number of nitrogens with zero attached hydrogens (tertiary/aromatic N) is 4. The summed E-state index contributed by atoms with van der Waals surface area (Å²) in [5.74, 6) is 0.729. The molecule has 8 nitrogen and oxygen atoms in total. The SMILES string of the molecule is CCN(CCO)c1ncnc(Nc2ccc(C(C)C)cc2)c1[N+](=O)[O-]. The van der Waals surface area contributed by atoms with Crippen LogP contribution in [0.5, 0.6) is 0 Å². The summed E-state index contributed by atoms with van der Waals surface area (Å²) < 4.78 is 0. The van der Waals surface area contributed by atoms with Gasteiger partial charge >= 0.3 is 5.69 Å². The summed E-state index contributed by atoms with van der Waals surface area (Å²) in [4.78, 5) is 20.8. The van der Waals surface area contributed by atoms with Gasteiger partial charge in [-0.1, -0.05) is 26.0 Å². The zero-order valence-electron chi connectivity index (χ0n) is 14.6. The van der Waals surface area contributed by atoms with Gasteiger partial charge < -0.3 is 15.3 Å². The van der Waals surface area contributed by atoms with Crippen LogP contribution in [-0.4, -0.2) is 39.7 Å². The third-order valence-corrected chi connectivity index (χ3v) is 3.88. The van der Waals surface area contributed by atoms with Crippen LogP contribution in [0.3, 0.4) is 0 Å². The van der Waals surface area contributed by atoms with Gasteiger partial charge in [0.25, 0.3) is 0 Å². The highest BCUT2D eigenvalue weighted by atomic mass is 16.6. The average Bonchev–Trinajstić information content (AvgIpc) is 2.59. The number of hydrogen-bond acceptors (Lipinski definition) is 7. The second-order valence-corrected chi connectivity index (χ2v) is 5.86. The highest BCUT2D eigenvalue weighted by Gasteiger charge is 2.26. The number of aromatic nitrogens is 2. The lowest BCUT2D eigenvalue weighted by atomic mass is 10.0. The zero-order chi connectivity index (χ0) is 18.4. The van der Waals surface area contributed by atoms with Gasteiger partial charge in [-0.15, -0.1) is 0 Å². The minimum Gasteiger partial charge on any atom is -0.395 e. The van der Waals surface area contributed by atoms with Gasteiger partial charge in [-0.25, -0.2) is 9.97 Å². The summed E-state index contributed by atoms with van der Waals surface area (Å²) in [5, 5.41) is 23.8. The quantitative estimate of drug-likeness (QED) is 0.559. The molecule has 1 aromatic carbocycles. The number of likely N-dealkylation sites (N-methyl/N-ethyl adjacent to an activating group) is 1. The van der Waals surface area contributed by atoms with Crippen molar-refractivity contribution in [1.82, 2.24) is 9.97 Å². The fourth-order valence-corrected chi connectivity index (χ4v) is 2.48. The molecule has 25 heavy (non-hydrogen) atoms. The lowest BCUT2D eigenvalue weighted by Gasteiger charge is -2.21. The third kappa shape index (κ3) is 4.42. The predicted octanol–water partition coefficient (Wildman–Crippen LogP) is 3.07. The molecule has 0 aliphatic rings. The number of aliphatic hydroxyl groups excluding tert-OH is 1. The summed E-state index contributed by atoms with van der Waals surface area (Å²) in [6, 6.07) is 7.69. The van der Waals surface area contributed by atoms with Crippen molar-refractivity contribution in [1.29, 1.82) is 0 Å². The van der Waals surface area contributed by atoms with E-state index in [1.54, 1.807) is 4.90 Å². The van der Waals surface area contributed by atoms with E-state index in [0.717, 1.165) is 0 Å². The zero-order valence-corrected chi connectivity index (χ0v) is 14.6. The largest absolute Gasteiger partial charge is 0.395 e. The fraction of sp³-hybridized carbons (Fsp3) is 0.412. The third-order valence-electron chi connectivity index (χ3n) is 3.88. The monoisotopic (exact) mass is 345 g/mol. The molecule has 0 saturated heterocycles. The topological polar surface area (TPSA) is 104 Å². The number of anilines is 3. The maximum Gasteiger partial charge on any atom is 0.353 e. The van der Waals surface area contributed by atoms with Crippen LogP contribution in [0.15, 0.2) is 30.6 Å². The molecule has 0 amide bonds. The number of hydrogen-bond donors (Lipinski definition) is 2. The van der Waals surface area contributed by atoms with E-state index in [4.69, 9.17) is 5.11 Å². The van der Waals surface area contributed by atoms with E-state index in [9.17, 15) is 10.1 Å². The van der Waals surface area contributed by atoms with Gasteiger partial charge in [0, 0.05) is 18.8 Å². The Bertz CT molecular complexity index is 719. The van der Waals surface area contributed by atoms with Crippen molar-refractivity contribution in [3.05, 3.63) is 46.3 Å². The van der Waals surface area contributed by atoms with Gasteiger partial charge in [-0.05, 0) is 30.5 Å². The molecule has 0 spiro atoms. The lowest BCUT2D eigenvalue weighted by molar-refractivity contribution is -0.383. The van der Waals surface area contributed by atoms with Crippen molar-refractivity contribution < 1.29 is 10.0 Å². The molecule has 0 saturated carbocycles. The highest BCUT2D eigenvalue weighted by Crippen LogP contribution is 2.33.